The van der Waals surface area contributed by atoms with Crippen molar-refractivity contribution in [2.24, 2.45) is 0 Å². The van der Waals surface area contributed by atoms with Crippen molar-refractivity contribution in [3.05, 3.63) is 0 Å². The Kier molecular flexibility index (Phi) is 17.1. The lowest BCUT2D eigenvalue weighted by molar-refractivity contribution is 0.484. The van der Waals surface area contributed by atoms with Gasteiger partial charge in [-0.15, -0.1) is 23.8 Å². The van der Waals surface area contributed by atoms with E-state index < -0.39 is 0 Å². The molecule has 0 N–H and O–H groups in total. The Labute approximate surface area is 294 Å². The van der Waals surface area contributed by atoms with E-state index in [-0.39, 0.29) is 8.80 Å². The normalized spacial score (nSPS) is 26.6. The van der Waals surface area contributed by atoms with E-state index in [1.54, 1.807) is 229 Å². The summed E-state index contributed by atoms with van der Waals surface area (Å²) in [7, 11) is 0.710. The van der Waals surface area contributed by atoms with Gasteiger partial charge in [-0.05, 0) is 129 Å². The standard InChI is InChI=1S/C42H78P3Si/c1-7-19-37(20-8-1)43(38-21-9-2-10-22-38)31-34-46(35-32-44(39-23-11-3-12-24-39)40-25-13-4-14-26-40)36-33-45(41-27-15-5-16-28-41)42-29-17-6-18-30-42/h37-42H,1-36H2. The summed E-state index contributed by atoms with van der Waals surface area (Å²) in [5.74, 6) is 0. The lowest BCUT2D eigenvalue weighted by atomic mass is 9.99. The van der Waals surface area contributed by atoms with E-state index in [1.807, 2.05) is 0 Å². The van der Waals surface area contributed by atoms with Gasteiger partial charge in [-0.1, -0.05) is 134 Å². The lowest BCUT2D eigenvalue weighted by Crippen LogP contribution is -2.27. The van der Waals surface area contributed by atoms with Crippen molar-refractivity contribution in [1.82, 2.24) is 0 Å². The average Bonchev–Trinajstić information content (AvgIpc) is 3.14. The summed E-state index contributed by atoms with van der Waals surface area (Å²) in [5, 5.41) is 0. The highest BCUT2D eigenvalue weighted by Crippen LogP contribution is 2.60. The molecular weight excluding hydrogens is 625 g/mol. The van der Waals surface area contributed by atoms with Crippen LogP contribution >= 0.6 is 23.8 Å². The first-order valence-electron chi connectivity index (χ1n) is 22.0. The molecule has 0 bridgehead atoms. The molecule has 0 aromatic carbocycles. The van der Waals surface area contributed by atoms with Crippen molar-refractivity contribution in [2.45, 2.75) is 245 Å². The van der Waals surface area contributed by atoms with E-state index in [1.165, 1.54) is 34.0 Å². The smallest absolute Gasteiger partial charge is 0.0489 e. The van der Waals surface area contributed by atoms with Crippen molar-refractivity contribution in [1.29, 1.82) is 0 Å². The van der Waals surface area contributed by atoms with Crippen LogP contribution in [-0.2, 0) is 0 Å². The fourth-order valence-corrected chi connectivity index (χ4v) is 29.5. The van der Waals surface area contributed by atoms with Gasteiger partial charge in [0.25, 0.3) is 0 Å². The molecule has 1 radical (unpaired) electrons. The van der Waals surface area contributed by atoms with Gasteiger partial charge < -0.3 is 0 Å². The van der Waals surface area contributed by atoms with Crippen molar-refractivity contribution in [3.63, 3.8) is 0 Å². The molecule has 265 valence electrons. The van der Waals surface area contributed by atoms with Gasteiger partial charge in [-0.2, -0.15) is 0 Å². The zero-order valence-electron chi connectivity index (χ0n) is 30.8. The van der Waals surface area contributed by atoms with Gasteiger partial charge in [0, 0.05) is 8.80 Å². The third-order valence-electron chi connectivity index (χ3n) is 14.4. The molecule has 0 unspecified atom stereocenters. The predicted octanol–water partition coefficient (Wildman–Crippen LogP) is 14.9. The van der Waals surface area contributed by atoms with Crippen LogP contribution in [0.3, 0.4) is 0 Å². The first-order valence-corrected chi connectivity index (χ1v) is 29.1. The molecule has 0 saturated heterocycles. The van der Waals surface area contributed by atoms with E-state index >= 15 is 0 Å². The number of hydrogen-bond donors (Lipinski definition) is 0. The molecule has 0 aliphatic heterocycles. The van der Waals surface area contributed by atoms with Gasteiger partial charge in [0.05, 0.1) is 0 Å². The minimum atomic E-state index is -0.207. The van der Waals surface area contributed by atoms with Crippen molar-refractivity contribution in [2.75, 3.05) is 18.5 Å². The van der Waals surface area contributed by atoms with E-state index in [0.29, 0.717) is 23.8 Å². The molecule has 4 heteroatoms. The second kappa shape index (κ2) is 21.1. The molecule has 0 aromatic rings. The van der Waals surface area contributed by atoms with E-state index in [0.717, 1.165) is 0 Å². The Hall–Kier alpha value is 1.51. The zero-order valence-corrected chi connectivity index (χ0v) is 34.4. The highest BCUT2D eigenvalue weighted by atomic mass is 31.1. The predicted molar refractivity (Wildman–Crippen MR) is 217 cm³/mol. The SMILES string of the molecule is C1CCC(P(CC[Si](CCP(C2CCCCC2)C2CCCCC2)CCP(C2CCCCC2)C2CCCCC2)C2CCCCC2)CC1. The molecule has 46 heavy (non-hydrogen) atoms. The van der Waals surface area contributed by atoms with Crippen LogP contribution < -0.4 is 0 Å². The van der Waals surface area contributed by atoms with Crippen molar-refractivity contribution < 1.29 is 0 Å². The Morgan fingerprint density at radius 3 is 0.609 bits per heavy atom. The van der Waals surface area contributed by atoms with Gasteiger partial charge in [-0.25, -0.2) is 0 Å². The zero-order chi connectivity index (χ0) is 31.2. The van der Waals surface area contributed by atoms with Crippen LogP contribution in [0.1, 0.15) is 193 Å². The second-order valence-corrected chi connectivity index (χ2v) is 29.3. The molecule has 0 amide bonds. The van der Waals surface area contributed by atoms with Crippen LogP contribution in [0.25, 0.3) is 0 Å². The minimum Gasteiger partial charge on any atom is -0.101 e. The molecule has 6 aliphatic rings. The maximum atomic E-state index is 1.76. The molecule has 6 rings (SSSR count). The lowest BCUT2D eigenvalue weighted by Gasteiger charge is -2.41. The fraction of sp³-hybridized carbons (Fsp3) is 1.00. The summed E-state index contributed by atoms with van der Waals surface area (Å²) in [6.07, 6.45) is 53.1. The third-order valence-corrected chi connectivity index (χ3v) is 29.5. The molecule has 0 heterocycles. The van der Waals surface area contributed by atoms with Crippen molar-refractivity contribution >= 4 is 32.6 Å². The number of hydrogen-bond acceptors (Lipinski definition) is 0. The minimum absolute atomic E-state index is 0.207. The Balaban J connectivity index is 1.15. The molecule has 6 aliphatic carbocycles. The van der Waals surface area contributed by atoms with E-state index in [2.05, 4.69) is 0 Å². The third kappa shape index (κ3) is 11.5. The van der Waals surface area contributed by atoms with Crippen molar-refractivity contribution in [3.8, 4) is 0 Å². The number of rotatable bonds is 15. The monoisotopic (exact) mass is 704 g/mol. The summed E-state index contributed by atoms with van der Waals surface area (Å²) in [4.78, 5) is 0. The summed E-state index contributed by atoms with van der Waals surface area (Å²) >= 11 is 0. The van der Waals surface area contributed by atoms with Gasteiger partial charge in [0.15, 0.2) is 0 Å². The topological polar surface area (TPSA) is 0 Å². The maximum absolute atomic E-state index is 1.76. The molecule has 0 spiro atoms. The summed E-state index contributed by atoms with van der Waals surface area (Å²) in [6, 6.07) is 5.29. The molecule has 0 aromatic heterocycles. The van der Waals surface area contributed by atoms with Crippen LogP contribution in [0.15, 0.2) is 0 Å². The van der Waals surface area contributed by atoms with Crippen LogP contribution in [0.5, 0.6) is 0 Å². The molecule has 0 nitrogen and oxygen atoms in total. The molecular formula is C42H78P3Si. The highest BCUT2D eigenvalue weighted by molar-refractivity contribution is 7.60. The fourth-order valence-electron chi connectivity index (χ4n) is 11.7. The second-order valence-electron chi connectivity index (χ2n) is 17.5. The Bertz CT molecular complexity index is 626. The summed E-state index contributed by atoms with van der Waals surface area (Å²) in [6.45, 7) is 0. The maximum Gasteiger partial charge on any atom is 0.0489 e. The highest BCUT2D eigenvalue weighted by Gasteiger charge is 2.35. The van der Waals surface area contributed by atoms with Gasteiger partial charge in [0.2, 0.25) is 0 Å². The van der Waals surface area contributed by atoms with Gasteiger partial charge in [-0.3, -0.25) is 0 Å². The summed E-state index contributed by atoms with van der Waals surface area (Å²) in [5.41, 5.74) is 7.07. The quantitative estimate of drug-likeness (QED) is 0.118. The van der Waals surface area contributed by atoms with E-state index in [4.69, 9.17) is 0 Å². The molecule has 6 saturated carbocycles. The van der Waals surface area contributed by atoms with Crippen LogP contribution in [-0.4, -0.2) is 61.2 Å². The first kappa shape index (κ1) is 37.3. The average molecular weight is 704 g/mol. The van der Waals surface area contributed by atoms with Gasteiger partial charge in [0.1, 0.15) is 0 Å². The molecule has 6 fully saturated rings. The summed E-state index contributed by atoms with van der Waals surface area (Å²) < 4.78 is 0. The Morgan fingerprint density at radius 2 is 0.435 bits per heavy atom. The first-order chi connectivity index (χ1) is 22.8. The van der Waals surface area contributed by atoms with Crippen LogP contribution in [0.4, 0.5) is 0 Å². The van der Waals surface area contributed by atoms with Gasteiger partial charge >= 0.3 is 0 Å². The van der Waals surface area contributed by atoms with Crippen LogP contribution in [0.2, 0.25) is 18.1 Å². The van der Waals surface area contributed by atoms with Crippen LogP contribution in [0, 0.1) is 0 Å². The Morgan fingerprint density at radius 1 is 0.261 bits per heavy atom. The van der Waals surface area contributed by atoms with E-state index in [9.17, 15) is 0 Å². The largest absolute Gasteiger partial charge is 0.101 e. The molecule has 0 atom stereocenters.